The molecule has 0 spiro atoms. The van der Waals surface area contributed by atoms with Crippen LogP contribution < -0.4 is 20.1 Å². The molecule has 0 bridgehead atoms. The number of hydrogen-bond acceptors (Lipinski definition) is 8. The Kier molecular flexibility index (Phi) is 7.97. The van der Waals surface area contributed by atoms with Crippen LogP contribution in [0.3, 0.4) is 0 Å². The van der Waals surface area contributed by atoms with Crippen LogP contribution in [0.2, 0.25) is 0 Å². The zero-order chi connectivity index (χ0) is 28.2. The van der Waals surface area contributed by atoms with E-state index >= 15 is 0 Å². The largest absolute Gasteiger partial charge is 0.504 e. The zero-order valence-electron chi connectivity index (χ0n) is 22.8. The van der Waals surface area contributed by atoms with Crippen LogP contribution >= 0.6 is 11.8 Å². The van der Waals surface area contributed by atoms with Gasteiger partial charge in [0.2, 0.25) is 11.1 Å². The van der Waals surface area contributed by atoms with Gasteiger partial charge < -0.3 is 25.2 Å². The molecule has 0 saturated carbocycles. The maximum Gasteiger partial charge on any atom is 0.255 e. The van der Waals surface area contributed by atoms with Gasteiger partial charge in [-0.2, -0.15) is 4.98 Å². The Labute approximate surface area is 237 Å². The maximum absolute atomic E-state index is 13.8. The second-order valence-corrected chi connectivity index (χ2v) is 10.3. The first-order chi connectivity index (χ1) is 19.4. The lowest BCUT2D eigenvalue weighted by atomic mass is 9.94. The molecule has 40 heavy (non-hydrogen) atoms. The Morgan fingerprint density at radius 2 is 1.93 bits per heavy atom. The van der Waals surface area contributed by atoms with Gasteiger partial charge in [-0.05, 0) is 68.3 Å². The van der Waals surface area contributed by atoms with E-state index in [1.807, 2.05) is 19.9 Å². The molecule has 0 aliphatic carbocycles. The zero-order valence-corrected chi connectivity index (χ0v) is 23.6. The number of allylic oxidation sites excluding steroid dienone is 1. The summed E-state index contributed by atoms with van der Waals surface area (Å²) in [6.07, 6.45) is 0. The molecule has 2 heterocycles. The highest BCUT2D eigenvalue weighted by molar-refractivity contribution is 7.98. The average molecular weight is 558 g/mol. The highest BCUT2D eigenvalue weighted by Gasteiger charge is 2.35. The van der Waals surface area contributed by atoms with Crippen molar-refractivity contribution < 1.29 is 19.4 Å². The number of aromatic nitrogens is 3. The van der Waals surface area contributed by atoms with Crippen molar-refractivity contribution in [3.8, 4) is 17.2 Å². The smallest absolute Gasteiger partial charge is 0.255 e. The normalized spacial score (nSPS) is 14.3. The number of ether oxygens (including phenoxy) is 2. The molecule has 0 unspecified atom stereocenters. The lowest BCUT2D eigenvalue weighted by Gasteiger charge is -2.29. The van der Waals surface area contributed by atoms with Crippen molar-refractivity contribution in [2.24, 2.45) is 0 Å². The number of aryl methyl sites for hydroxylation is 1. The van der Waals surface area contributed by atoms with Crippen LogP contribution in [0.25, 0.3) is 0 Å². The summed E-state index contributed by atoms with van der Waals surface area (Å²) < 4.78 is 12.6. The molecule has 0 radical (unpaired) electrons. The van der Waals surface area contributed by atoms with Crippen LogP contribution in [0.5, 0.6) is 17.2 Å². The Morgan fingerprint density at radius 3 is 2.65 bits per heavy atom. The van der Waals surface area contributed by atoms with E-state index in [9.17, 15) is 9.90 Å². The van der Waals surface area contributed by atoms with Crippen molar-refractivity contribution in [3.05, 3.63) is 94.7 Å². The van der Waals surface area contributed by atoms with E-state index < -0.39 is 6.04 Å². The second-order valence-electron chi connectivity index (χ2n) is 9.35. The van der Waals surface area contributed by atoms with Crippen molar-refractivity contribution in [1.29, 1.82) is 0 Å². The number of phenolic OH excluding ortho intramolecular Hbond substituents is 1. The van der Waals surface area contributed by atoms with Crippen molar-refractivity contribution in [2.45, 2.75) is 37.7 Å². The summed E-state index contributed by atoms with van der Waals surface area (Å²) in [6.45, 7) is 6.15. The highest BCUT2D eigenvalue weighted by Crippen LogP contribution is 2.40. The first-order valence-electron chi connectivity index (χ1n) is 12.9. The van der Waals surface area contributed by atoms with Gasteiger partial charge in [0.05, 0.1) is 19.3 Å². The van der Waals surface area contributed by atoms with Gasteiger partial charge in [-0.1, -0.05) is 47.7 Å². The number of carbonyl (C=O) groups excluding carboxylic acids is 1. The molecule has 1 aliphatic heterocycles. The minimum Gasteiger partial charge on any atom is -0.504 e. The third-order valence-corrected chi connectivity index (χ3v) is 7.38. The van der Waals surface area contributed by atoms with Crippen molar-refractivity contribution in [2.75, 3.05) is 24.4 Å². The number of aromatic hydroxyl groups is 1. The molecular formula is C30H31N5O4S. The summed E-state index contributed by atoms with van der Waals surface area (Å²) in [5.41, 5.74) is 4.85. The number of thioether (sulfide) groups is 1. The van der Waals surface area contributed by atoms with Gasteiger partial charge in [0.1, 0.15) is 11.8 Å². The van der Waals surface area contributed by atoms with E-state index in [0.29, 0.717) is 51.9 Å². The Bertz CT molecular complexity index is 1560. The molecule has 10 heteroatoms. The number of carbonyl (C=O) groups is 1. The van der Waals surface area contributed by atoms with Crippen LogP contribution in [0.4, 0.5) is 11.6 Å². The standard InChI is InChI=1S/C30H31N5O4S/c1-5-39-25-16-21(9-14-24(25)36)27-26(28(37)32-22-10-12-23(38-4)13-11-22)19(3)31-29-33-30(34-35(27)29)40-17-20-8-6-7-18(2)15-20/h6-16,27,36H,5,17H2,1-4H3,(H,32,37)(H,31,33,34)/t27-/m1/s1. The third-order valence-electron chi connectivity index (χ3n) is 6.48. The van der Waals surface area contributed by atoms with E-state index in [-0.39, 0.29) is 11.7 Å². The molecule has 4 aromatic rings. The van der Waals surface area contributed by atoms with Gasteiger partial charge in [0, 0.05) is 17.1 Å². The number of phenols is 1. The van der Waals surface area contributed by atoms with E-state index in [2.05, 4.69) is 35.8 Å². The third kappa shape index (κ3) is 5.76. The molecule has 5 rings (SSSR count). The number of nitrogens with one attached hydrogen (secondary N) is 2. The van der Waals surface area contributed by atoms with Crippen LogP contribution in [0.1, 0.15) is 36.6 Å². The van der Waals surface area contributed by atoms with Gasteiger partial charge in [-0.25, -0.2) is 4.68 Å². The Morgan fingerprint density at radius 1 is 1.12 bits per heavy atom. The average Bonchev–Trinajstić information content (AvgIpc) is 3.35. The summed E-state index contributed by atoms with van der Waals surface area (Å²) in [5, 5.41) is 22.0. The van der Waals surface area contributed by atoms with Crippen molar-refractivity contribution >= 4 is 29.3 Å². The van der Waals surface area contributed by atoms with Crippen molar-refractivity contribution in [1.82, 2.24) is 14.8 Å². The summed E-state index contributed by atoms with van der Waals surface area (Å²) in [4.78, 5) is 18.5. The fourth-order valence-electron chi connectivity index (χ4n) is 4.59. The number of rotatable bonds is 9. The predicted molar refractivity (Wildman–Crippen MR) is 156 cm³/mol. The lowest BCUT2D eigenvalue weighted by molar-refractivity contribution is -0.113. The minimum absolute atomic E-state index is 0.0256. The number of anilines is 2. The molecule has 1 aromatic heterocycles. The maximum atomic E-state index is 13.8. The van der Waals surface area contributed by atoms with Gasteiger partial charge >= 0.3 is 0 Å². The van der Waals surface area contributed by atoms with Crippen LogP contribution in [-0.4, -0.2) is 39.5 Å². The number of nitrogens with zero attached hydrogens (tertiary/aromatic N) is 3. The quantitative estimate of drug-likeness (QED) is 0.218. The molecule has 3 aromatic carbocycles. The molecule has 3 N–H and O–H groups in total. The number of fused-ring (bicyclic) bond motifs is 1. The van der Waals surface area contributed by atoms with Crippen LogP contribution in [-0.2, 0) is 10.5 Å². The first kappa shape index (κ1) is 27.1. The predicted octanol–water partition coefficient (Wildman–Crippen LogP) is 5.92. The number of hydrogen-bond donors (Lipinski definition) is 3. The van der Waals surface area contributed by atoms with Gasteiger partial charge in [-0.15, -0.1) is 5.10 Å². The summed E-state index contributed by atoms with van der Waals surface area (Å²) in [6, 6.07) is 19.9. The number of amides is 1. The van der Waals surface area contributed by atoms with Crippen molar-refractivity contribution in [3.63, 3.8) is 0 Å². The summed E-state index contributed by atoms with van der Waals surface area (Å²) >= 11 is 1.52. The fraction of sp³-hybridized carbons (Fsp3) is 0.233. The molecule has 206 valence electrons. The molecule has 0 fully saturated rings. The summed E-state index contributed by atoms with van der Waals surface area (Å²) in [7, 11) is 1.59. The van der Waals surface area contributed by atoms with Crippen LogP contribution in [0, 0.1) is 6.92 Å². The van der Waals surface area contributed by atoms with E-state index in [1.165, 1.54) is 22.9 Å². The Hall–Kier alpha value is -4.44. The van der Waals surface area contributed by atoms with Gasteiger partial charge in [-0.3, -0.25) is 4.79 Å². The molecule has 1 aliphatic rings. The van der Waals surface area contributed by atoms with E-state index in [1.54, 1.807) is 54.3 Å². The molecular weight excluding hydrogens is 526 g/mol. The van der Waals surface area contributed by atoms with Gasteiger partial charge in [0.25, 0.3) is 5.91 Å². The fourth-order valence-corrected chi connectivity index (χ4v) is 5.36. The second kappa shape index (κ2) is 11.7. The monoisotopic (exact) mass is 557 g/mol. The lowest BCUT2D eigenvalue weighted by Crippen LogP contribution is -2.31. The SMILES string of the molecule is CCOc1cc([C@@H]2C(C(=O)Nc3ccc(OC)cc3)=C(C)Nc3nc(SCc4cccc(C)c4)nn32)ccc1O. The topological polar surface area (TPSA) is 111 Å². The summed E-state index contributed by atoms with van der Waals surface area (Å²) in [5.74, 6) is 2.00. The minimum atomic E-state index is -0.616. The molecule has 9 nitrogen and oxygen atoms in total. The molecule has 0 saturated heterocycles. The van der Waals surface area contributed by atoms with E-state index in [0.717, 1.165) is 5.56 Å². The highest BCUT2D eigenvalue weighted by atomic mass is 32.2. The van der Waals surface area contributed by atoms with E-state index in [4.69, 9.17) is 19.6 Å². The Balaban J connectivity index is 1.51. The number of benzene rings is 3. The molecule has 1 atom stereocenters. The molecule has 1 amide bonds. The number of methoxy groups -OCH3 is 1. The van der Waals surface area contributed by atoms with Crippen LogP contribution in [0.15, 0.2) is 83.2 Å². The first-order valence-corrected chi connectivity index (χ1v) is 13.9. The van der Waals surface area contributed by atoms with Gasteiger partial charge in [0.15, 0.2) is 11.5 Å².